The van der Waals surface area contributed by atoms with Crippen LogP contribution in [0.2, 0.25) is 0 Å². The normalized spacial score (nSPS) is 10.3. The first-order valence-electron chi connectivity index (χ1n) is 7.60. The van der Waals surface area contributed by atoms with Crippen molar-refractivity contribution in [1.29, 1.82) is 0 Å². The molecule has 1 aromatic carbocycles. The van der Waals surface area contributed by atoms with Crippen LogP contribution in [0, 0.1) is 0 Å². The van der Waals surface area contributed by atoms with Crippen molar-refractivity contribution in [3.8, 4) is 9.88 Å². The first-order chi connectivity index (χ1) is 12.5. The molecule has 132 valence electrons. The predicted molar refractivity (Wildman–Crippen MR) is 101 cm³/mol. The number of benzene rings is 1. The smallest absolute Gasteiger partial charge is 0.358 e. The molecule has 0 aliphatic rings. The molecule has 0 spiro atoms. The number of amides is 1. The van der Waals surface area contributed by atoms with Gasteiger partial charge in [0.05, 0.1) is 4.88 Å². The van der Waals surface area contributed by atoms with Crippen molar-refractivity contribution >= 4 is 46.0 Å². The number of ether oxygens (including phenoxy) is 1. The van der Waals surface area contributed by atoms with E-state index in [1.165, 1.54) is 29.6 Å². The lowest BCUT2D eigenvalue weighted by atomic mass is 10.1. The highest BCUT2D eigenvalue weighted by Gasteiger charge is 2.15. The van der Waals surface area contributed by atoms with Gasteiger partial charge in [-0.1, -0.05) is 6.07 Å². The van der Waals surface area contributed by atoms with E-state index < -0.39 is 18.5 Å². The van der Waals surface area contributed by atoms with E-state index >= 15 is 0 Å². The van der Waals surface area contributed by atoms with Crippen LogP contribution < -0.4 is 5.32 Å². The lowest BCUT2D eigenvalue weighted by molar-refractivity contribution is -0.119. The zero-order chi connectivity index (χ0) is 18.5. The lowest BCUT2D eigenvalue weighted by Gasteiger charge is -2.06. The molecule has 6 nitrogen and oxygen atoms in total. The first kappa shape index (κ1) is 18.0. The Morgan fingerprint density at radius 1 is 1.12 bits per heavy atom. The number of esters is 1. The van der Waals surface area contributed by atoms with Gasteiger partial charge < -0.3 is 10.1 Å². The largest absolute Gasteiger partial charge is 0.451 e. The molecule has 0 fully saturated rings. The van der Waals surface area contributed by atoms with Gasteiger partial charge in [-0.2, -0.15) is 0 Å². The molecule has 1 amide bonds. The molecule has 0 saturated carbocycles. The summed E-state index contributed by atoms with van der Waals surface area (Å²) in [5.41, 5.74) is 1.25. The van der Waals surface area contributed by atoms with E-state index in [0.717, 1.165) is 9.88 Å². The predicted octanol–water partition coefficient (Wildman–Crippen LogP) is 3.87. The number of carbonyl (C=O) groups is 3. The Balaban J connectivity index is 1.52. The number of ketones is 1. The van der Waals surface area contributed by atoms with Gasteiger partial charge in [0.25, 0.3) is 5.91 Å². The molecule has 1 N–H and O–H groups in total. The molecular formula is C18H14N2O4S2. The number of aromatic nitrogens is 1. The molecular weight excluding hydrogens is 372 g/mol. The van der Waals surface area contributed by atoms with Gasteiger partial charge in [-0.3, -0.25) is 9.59 Å². The third-order valence-corrected chi connectivity index (χ3v) is 5.24. The van der Waals surface area contributed by atoms with Crippen molar-refractivity contribution in [2.45, 2.75) is 6.92 Å². The number of nitrogens with one attached hydrogen (secondary N) is 1. The fourth-order valence-corrected chi connectivity index (χ4v) is 3.67. The van der Waals surface area contributed by atoms with Crippen LogP contribution in [0.5, 0.6) is 0 Å². The van der Waals surface area contributed by atoms with Crippen LogP contribution >= 0.6 is 22.7 Å². The number of hydrogen-bond acceptors (Lipinski definition) is 7. The summed E-state index contributed by atoms with van der Waals surface area (Å²) in [7, 11) is 0. The van der Waals surface area contributed by atoms with Crippen molar-refractivity contribution in [2.24, 2.45) is 0 Å². The molecule has 0 unspecified atom stereocenters. The lowest BCUT2D eigenvalue weighted by Crippen LogP contribution is -2.21. The molecule has 8 heteroatoms. The molecule has 0 saturated heterocycles. The maximum atomic E-state index is 12.0. The van der Waals surface area contributed by atoms with E-state index in [2.05, 4.69) is 10.3 Å². The Morgan fingerprint density at radius 3 is 2.54 bits per heavy atom. The second kappa shape index (κ2) is 8.03. The van der Waals surface area contributed by atoms with Crippen LogP contribution in [0.3, 0.4) is 0 Å². The zero-order valence-corrected chi connectivity index (χ0v) is 15.4. The number of carbonyl (C=O) groups excluding carboxylic acids is 3. The van der Waals surface area contributed by atoms with Crippen LogP contribution in [0.25, 0.3) is 9.88 Å². The number of nitrogens with zero attached hydrogens (tertiary/aromatic N) is 1. The second-order valence-corrected chi connectivity index (χ2v) is 7.08. The van der Waals surface area contributed by atoms with Crippen LogP contribution in [0.4, 0.5) is 5.69 Å². The highest BCUT2D eigenvalue weighted by atomic mass is 32.1. The SMILES string of the molecule is CC(=O)c1ccc(NC(=O)COC(=O)c2csc(-c3cccs3)n2)cc1. The van der Waals surface area contributed by atoms with E-state index in [-0.39, 0.29) is 11.5 Å². The quantitative estimate of drug-likeness (QED) is 0.513. The number of hydrogen-bond donors (Lipinski definition) is 1. The fraction of sp³-hybridized carbons (Fsp3) is 0.111. The standard InChI is InChI=1S/C18H14N2O4S2/c1-11(21)12-4-6-13(7-5-12)19-16(22)9-24-18(23)14-10-26-17(20-14)15-3-2-8-25-15/h2-8,10H,9H2,1H3,(H,19,22). The maximum Gasteiger partial charge on any atom is 0.358 e. The average molecular weight is 386 g/mol. The molecule has 0 atom stereocenters. The summed E-state index contributed by atoms with van der Waals surface area (Å²) in [5, 5.41) is 6.88. The third kappa shape index (κ3) is 4.41. The molecule has 2 aromatic heterocycles. The minimum absolute atomic E-state index is 0.0537. The summed E-state index contributed by atoms with van der Waals surface area (Å²) >= 11 is 2.88. The molecule has 0 aliphatic heterocycles. The number of anilines is 1. The Morgan fingerprint density at radius 2 is 1.88 bits per heavy atom. The van der Waals surface area contributed by atoms with E-state index in [4.69, 9.17) is 4.74 Å². The highest BCUT2D eigenvalue weighted by Crippen LogP contribution is 2.27. The van der Waals surface area contributed by atoms with Crippen LogP contribution in [0.1, 0.15) is 27.8 Å². The monoisotopic (exact) mass is 386 g/mol. The van der Waals surface area contributed by atoms with E-state index in [1.807, 2.05) is 17.5 Å². The number of thiazole rings is 1. The summed E-state index contributed by atoms with van der Waals surface area (Å²) in [6, 6.07) is 10.3. The Labute approximate surface area is 157 Å². The van der Waals surface area contributed by atoms with Gasteiger partial charge in [0.15, 0.2) is 18.1 Å². The summed E-state index contributed by atoms with van der Waals surface area (Å²) in [6.45, 7) is 1.05. The Kier molecular flexibility index (Phi) is 5.55. The minimum atomic E-state index is -0.647. The Bertz CT molecular complexity index is 931. The molecule has 2 heterocycles. The first-order valence-corrected chi connectivity index (χ1v) is 9.36. The summed E-state index contributed by atoms with van der Waals surface area (Å²) in [6.07, 6.45) is 0. The van der Waals surface area contributed by atoms with Gasteiger partial charge in [-0.25, -0.2) is 9.78 Å². The summed E-state index contributed by atoms with van der Waals surface area (Å²) in [5.74, 6) is -1.17. The van der Waals surface area contributed by atoms with Crippen molar-refractivity contribution in [3.63, 3.8) is 0 Å². The zero-order valence-electron chi connectivity index (χ0n) is 13.7. The topological polar surface area (TPSA) is 85.4 Å². The van der Waals surface area contributed by atoms with E-state index in [9.17, 15) is 14.4 Å². The van der Waals surface area contributed by atoms with Crippen LogP contribution in [0.15, 0.2) is 47.2 Å². The van der Waals surface area contributed by atoms with E-state index in [1.54, 1.807) is 29.6 Å². The van der Waals surface area contributed by atoms with Gasteiger partial charge in [0.2, 0.25) is 0 Å². The summed E-state index contributed by atoms with van der Waals surface area (Å²) in [4.78, 5) is 40.3. The van der Waals surface area contributed by atoms with Gasteiger partial charge in [-0.05, 0) is 42.6 Å². The maximum absolute atomic E-state index is 12.0. The highest BCUT2D eigenvalue weighted by molar-refractivity contribution is 7.20. The van der Waals surface area contributed by atoms with E-state index in [0.29, 0.717) is 11.3 Å². The van der Waals surface area contributed by atoms with Crippen molar-refractivity contribution in [2.75, 3.05) is 11.9 Å². The van der Waals surface area contributed by atoms with Crippen molar-refractivity contribution in [3.05, 3.63) is 58.4 Å². The molecule has 0 radical (unpaired) electrons. The van der Waals surface area contributed by atoms with Gasteiger partial charge in [0.1, 0.15) is 5.01 Å². The fourth-order valence-electron chi connectivity index (χ4n) is 2.07. The van der Waals surface area contributed by atoms with Crippen LogP contribution in [-0.2, 0) is 9.53 Å². The Hall–Kier alpha value is -2.84. The summed E-state index contributed by atoms with van der Waals surface area (Å²) < 4.78 is 5.00. The van der Waals surface area contributed by atoms with Gasteiger partial charge >= 0.3 is 5.97 Å². The second-order valence-electron chi connectivity index (χ2n) is 5.27. The van der Waals surface area contributed by atoms with Crippen LogP contribution in [-0.4, -0.2) is 29.3 Å². The molecule has 26 heavy (non-hydrogen) atoms. The number of thiophene rings is 1. The number of rotatable bonds is 6. The van der Waals surface area contributed by atoms with Gasteiger partial charge in [0, 0.05) is 16.6 Å². The van der Waals surface area contributed by atoms with Crippen molar-refractivity contribution < 1.29 is 19.1 Å². The van der Waals surface area contributed by atoms with Crippen molar-refractivity contribution in [1.82, 2.24) is 4.98 Å². The number of Topliss-reactive ketones (excluding diaryl/α,β-unsaturated/α-hetero) is 1. The molecule has 0 aliphatic carbocycles. The third-order valence-electron chi connectivity index (χ3n) is 3.35. The minimum Gasteiger partial charge on any atom is -0.451 e. The molecule has 0 bridgehead atoms. The molecule has 3 rings (SSSR count). The molecule has 3 aromatic rings. The van der Waals surface area contributed by atoms with Gasteiger partial charge in [-0.15, -0.1) is 22.7 Å². The average Bonchev–Trinajstić information content (AvgIpc) is 3.31.